The highest BCUT2D eigenvalue weighted by Crippen LogP contribution is 2.25. The van der Waals surface area contributed by atoms with E-state index >= 15 is 0 Å². The quantitative estimate of drug-likeness (QED) is 0.790. The van der Waals surface area contributed by atoms with Gasteiger partial charge in [0.2, 0.25) is 0 Å². The summed E-state index contributed by atoms with van der Waals surface area (Å²) >= 11 is 0. The first-order valence-corrected chi connectivity index (χ1v) is 6.80. The van der Waals surface area contributed by atoms with E-state index in [0.717, 1.165) is 22.2 Å². The van der Waals surface area contributed by atoms with Gasteiger partial charge < -0.3 is 5.11 Å². The Balaban J connectivity index is 1.95. The van der Waals surface area contributed by atoms with Crippen molar-refractivity contribution >= 4 is 10.9 Å². The molecule has 0 fully saturated rings. The molecule has 0 bridgehead atoms. The molecule has 2 aromatic carbocycles. The molecule has 0 aliphatic rings. The maximum atomic E-state index is 10.5. The van der Waals surface area contributed by atoms with Gasteiger partial charge in [0.05, 0.1) is 11.2 Å². The molecule has 1 atom stereocenters. The third-order valence-corrected chi connectivity index (χ3v) is 3.61. The van der Waals surface area contributed by atoms with Crippen LogP contribution in [-0.2, 0) is 13.5 Å². The van der Waals surface area contributed by atoms with E-state index in [1.807, 2.05) is 48.1 Å². The number of aromatic nitrogens is 2. The van der Waals surface area contributed by atoms with E-state index < -0.39 is 6.10 Å². The van der Waals surface area contributed by atoms with E-state index in [0.29, 0.717) is 6.42 Å². The second kappa shape index (κ2) is 5.10. The Labute approximate surface area is 118 Å². The third kappa shape index (κ3) is 2.32. The number of para-hydroxylation sites is 1. The van der Waals surface area contributed by atoms with E-state index in [1.165, 1.54) is 5.56 Å². The van der Waals surface area contributed by atoms with Crippen molar-refractivity contribution in [3.8, 4) is 0 Å². The lowest BCUT2D eigenvalue weighted by atomic mass is 10.0. The highest BCUT2D eigenvalue weighted by Gasteiger charge is 2.16. The predicted octanol–water partition coefficient (Wildman–Crippen LogP) is 3.16. The lowest BCUT2D eigenvalue weighted by Crippen LogP contribution is -2.04. The zero-order valence-corrected chi connectivity index (χ0v) is 11.7. The Hall–Kier alpha value is -2.13. The number of fused-ring (bicyclic) bond motifs is 1. The van der Waals surface area contributed by atoms with Gasteiger partial charge in [-0.3, -0.25) is 4.68 Å². The van der Waals surface area contributed by atoms with Crippen LogP contribution in [0.3, 0.4) is 0 Å². The van der Waals surface area contributed by atoms with Crippen LogP contribution in [0.15, 0.2) is 48.5 Å². The Kier molecular flexibility index (Phi) is 3.28. The topological polar surface area (TPSA) is 38.1 Å². The van der Waals surface area contributed by atoms with E-state index in [4.69, 9.17) is 0 Å². The molecular formula is C17H18N2O. The molecule has 0 saturated heterocycles. The molecule has 1 heterocycles. The minimum atomic E-state index is -0.581. The maximum absolute atomic E-state index is 10.5. The molecule has 1 N–H and O–H groups in total. The molecular weight excluding hydrogens is 248 g/mol. The van der Waals surface area contributed by atoms with Crippen molar-refractivity contribution in [2.75, 3.05) is 0 Å². The predicted molar refractivity (Wildman–Crippen MR) is 80.6 cm³/mol. The van der Waals surface area contributed by atoms with E-state index in [1.54, 1.807) is 0 Å². The number of aliphatic hydroxyl groups is 1. The van der Waals surface area contributed by atoms with Crippen molar-refractivity contribution in [3.05, 3.63) is 65.4 Å². The molecule has 0 aliphatic heterocycles. The lowest BCUT2D eigenvalue weighted by Gasteiger charge is -2.09. The number of rotatable bonds is 3. The van der Waals surface area contributed by atoms with Crippen molar-refractivity contribution in [1.82, 2.24) is 9.78 Å². The molecule has 0 saturated carbocycles. The van der Waals surface area contributed by atoms with Crippen molar-refractivity contribution in [3.63, 3.8) is 0 Å². The maximum Gasteiger partial charge on any atom is 0.102 e. The van der Waals surface area contributed by atoms with Gasteiger partial charge in [-0.15, -0.1) is 0 Å². The number of aryl methyl sites for hydroxylation is 2. The molecule has 3 heteroatoms. The minimum absolute atomic E-state index is 0.581. The molecule has 20 heavy (non-hydrogen) atoms. The first-order chi connectivity index (χ1) is 9.65. The highest BCUT2D eigenvalue weighted by molar-refractivity contribution is 5.82. The van der Waals surface area contributed by atoms with Gasteiger partial charge >= 0.3 is 0 Å². The standard InChI is InChI=1S/C17H18N2O/c1-12-6-5-7-13(10-12)11-16(20)17-14-8-3-4-9-15(14)19(2)18-17/h3-10,16,20H,11H2,1-2H3. The van der Waals surface area contributed by atoms with Gasteiger partial charge in [0.1, 0.15) is 6.10 Å². The Bertz CT molecular complexity index is 746. The van der Waals surface area contributed by atoms with Gasteiger partial charge in [-0.05, 0) is 18.6 Å². The van der Waals surface area contributed by atoms with Gasteiger partial charge in [0.15, 0.2) is 0 Å². The average Bonchev–Trinajstić information content (AvgIpc) is 2.77. The van der Waals surface area contributed by atoms with Crippen molar-refractivity contribution in [1.29, 1.82) is 0 Å². The van der Waals surface area contributed by atoms with Crippen LogP contribution in [0.5, 0.6) is 0 Å². The van der Waals surface area contributed by atoms with Crippen molar-refractivity contribution in [2.24, 2.45) is 7.05 Å². The molecule has 3 rings (SSSR count). The van der Waals surface area contributed by atoms with Gasteiger partial charge in [-0.2, -0.15) is 5.10 Å². The molecule has 0 spiro atoms. The third-order valence-electron chi connectivity index (χ3n) is 3.61. The number of hydrogen-bond donors (Lipinski definition) is 1. The Morgan fingerprint density at radius 1 is 1.15 bits per heavy atom. The summed E-state index contributed by atoms with van der Waals surface area (Å²) in [5, 5.41) is 16.0. The van der Waals surface area contributed by atoms with Crippen LogP contribution in [0.1, 0.15) is 22.9 Å². The second-order valence-electron chi connectivity index (χ2n) is 5.23. The smallest absolute Gasteiger partial charge is 0.102 e. The summed E-state index contributed by atoms with van der Waals surface area (Å²) < 4.78 is 1.82. The first-order valence-electron chi connectivity index (χ1n) is 6.80. The van der Waals surface area contributed by atoms with Gasteiger partial charge in [-0.25, -0.2) is 0 Å². The molecule has 3 aromatic rings. The van der Waals surface area contributed by atoms with E-state index in [9.17, 15) is 5.11 Å². The summed E-state index contributed by atoms with van der Waals surface area (Å²) in [6, 6.07) is 16.2. The van der Waals surface area contributed by atoms with E-state index in [-0.39, 0.29) is 0 Å². The van der Waals surface area contributed by atoms with Crippen LogP contribution in [-0.4, -0.2) is 14.9 Å². The summed E-state index contributed by atoms with van der Waals surface area (Å²) in [6.07, 6.45) is 0.00535. The summed E-state index contributed by atoms with van der Waals surface area (Å²) in [6.45, 7) is 2.06. The fraction of sp³-hybridized carbons (Fsp3) is 0.235. The Morgan fingerprint density at radius 2 is 1.95 bits per heavy atom. The monoisotopic (exact) mass is 266 g/mol. The molecule has 0 radical (unpaired) electrons. The number of benzene rings is 2. The zero-order chi connectivity index (χ0) is 14.1. The molecule has 1 aromatic heterocycles. The van der Waals surface area contributed by atoms with Crippen molar-refractivity contribution in [2.45, 2.75) is 19.4 Å². The molecule has 3 nitrogen and oxygen atoms in total. The van der Waals surface area contributed by atoms with Gasteiger partial charge in [0.25, 0.3) is 0 Å². The van der Waals surface area contributed by atoms with Crippen molar-refractivity contribution < 1.29 is 5.11 Å². The van der Waals surface area contributed by atoms with Crippen LogP contribution in [0, 0.1) is 6.92 Å². The normalized spacial score (nSPS) is 12.8. The average molecular weight is 266 g/mol. The summed E-state index contributed by atoms with van der Waals surface area (Å²) in [5.41, 5.74) is 4.14. The fourth-order valence-electron chi connectivity index (χ4n) is 2.65. The first kappa shape index (κ1) is 12.9. The second-order valence-corrected chi connectivity index (χ2v) is 5.23. The van der Waals surface area contributed by atoms with E-state index in [2.05, 4.69) is 24.2 Å². The van der Waals surface area contributed by atoms with Crippen LogP contribution >= 0.6 is 0 Å². The minimum Gasteiger partial charge on any atom is -0.386 e. The van der Waals surface area contributed by atoms with Crippen LogP contribution < -0.4 is 0 Å². The van der Waals surface area contributed by atoms with Crippen LogP contribution in [0.2, 0.25) is 0 Å². The fourth-order valence-corrected chi connectivity index (χ4v) is 2.65. The lowest BCUT2D eigenvalue weighted by molar-refractivity contribution is 0.174. The zero-order valence-electron chi connectivity index (χ0n) is 11.7. The molecule has 0 amide bonds. The Morgan fingerprint density at radius 3 is 2.75 bits per heavy atom. The van der Waals surface area contributed by atoms with Gasteiger partial charge in [-0.1, -0.05) is 48.0 Å². The molecule has 0 aliphatic carbocycles. The van der Waals surface area contributed by atoms with Crippen LogP contribution in [0.25, 0.3) is 10.9 Å². The number of hydrogen-bond acceptors (Lipinski definition) is 2. The highest BCUT2D eigenvalue weighted by atomic mass is 16.3. The molecule has 1 unspecified atom stereocenters. The molecule has 102 valence electrons. The number of nitrogens with zero attached hydrogens (tertiary/aromatic N) is 2. The largest absolute Gasteiger partial charge is 0.386 e. The van der Waals surface area contributed by atoms with Crippen LogP contribution in [0.4, 0.5) is 0 Å². The summed E-state index contributed by atoms with van der Waals surface area (Å²) in [5.74, 6) is 0. The summed E-state index contributed by atoms with van der Waals surface area (Å²) in [7, 11) is 1.91. The summed E-state index contributed by atoms with van der Waals surface area (Å²) in [4.78, 5) is 0. The van der Waals surface area contributed by atoms with Gasteiger partial charge in [0, 0.05) is 18.9 Å². The SMILES string of the molecule is Cc1cccc(CC(O)c2nn(C)c3ccccc23)c1. The number of aliphatic hydroxyl groups excluding tert-OH is 1.